The van der Waals surface area contributed by atoms with E-state index in [-0.39, 0.29) is 0 Å². The zero-order valence-electron chi connectivity index (χ0n) is 14.0. The Labute approximate surface area is 125 Å². The largest absolute Gasteiger partial charge is 0.371 e. The predicted octanol–water partition coefficient (Wildman–Crippen LogP) is 4.37. The van der Waals surface area contributed by atoms with Crippen molar-refractivity contribution in [3.63, 3.8) is 0 Å². The van der Waals surface area contributed by atoms with Gasteiger partial charge < -0.3 is 10.2 Å². The number of rotatable bonds is 9. The second kappa shape index (κ2) is 9.02. The summed E-state index contributed by atoms with van der Waals surface area (Å²) >= 11 is 0. The SMILES string of the molecule is CCCN(CCC)c1ccc(CNCC(C)C)cc1C. The second-order valence-corrected chi connectivity index (χ2v) is 6.13. The molecule has 0 aliphatic rings. The van der Waals surface area contributed by atoms with E-state index in [1.54, 1.807) is 0 Å². The van der Waals surface area contributed by atoms with E-state index in [9.17, 15) is 0 Å². The average molecular weight is 276 g/mol. The molecule has 0 unspecified atom stereocenters. The lowest BCUT2D eigenvalue weighted by atomic mass is 10.1. The minimum atomic E-state index is 0.708. The van der Waals surface area contributed by atoms with E-state index in [2.05, 4.69) is 63.0 Å². The second-order valence-electron chi connectivity index (χ2n) is 6.13. The lowest BCUT2D eigenvalue weighted by Crippen LogP contribution is -2.25. The van der Waals surface area contributed by atoms with Gasteiger partial charge in [-0.15, -0.1) is 0 Å². The van der Waals surface area contributed by atoms with Crippen LogP contribution in [-0.4, -0.2) is 19.6 Å². The van der Waals surface area contributed by atoms with Gasteiger partial charge in [0.15, 0.2) is 0 Å². The van der Waals surface area contributed by atoms with E-state index in [0.717, 1.165) is 26.2 Å². The van der Waals surface area contributed by atoms with Crippen molar-refractivity contribution in [2.24, 2.45) is 5.92 Å². The smallest absolute Gasteiger partial charge is 0.0396 e. The summed E-state index contributed by atoms with van der Waals surface area (Å²) in [4.78, 5) is 2.51. The number of anilines is 1. The molecular weight excluding hydrogens is 244 g/mol. The molecule has 1 N–H and O–H groups in total. The monoisotopic (exact) mass is 276 g/mol. The average Bonchev–Trinajstić information content (AvgIpc) is 2.38. The molecule has 20 heavy (non-hydrogen) atoms. The number of hydrogen-bond donors (Lipinski definition) is 1. The van der Waals surface area contributed by atoms with Gasteiger partial charge >= 0.3 is 0 Å². The van der Waals surface area contributed by atoms with Gasteiger partial charge in [0.25, 0.3) is 0 Å². The topological polar surface area (TPSA) is 15.3 Å². The molecule has 0 aliphatic heterocycles. The molecule has 0 atom stereocenters. The van der Waals surface area contributed by atoms with Crippen LogP contribution in [0.2, 0.25) is 0 Å². The normalized spacial score (nSPS) is 11.1. The van der Waals surface area contributed by atoms with Crippen LogP contribution in [0.3, 0.4) is 0 Å². The first-order valence-corrected chi connectivity index (χ1v) is 8.13. The van der Waals surface area contributed by atoms with Crippen molar-refractivity contribution in [1.29, 1.82) is 0 Å². The summed E-state index contributed by atoms with van der Waals surface area (Å²) in [7, 11) is 0. The molecule has 0 heterocycles. The summed E-state index contributed by atoms with van der Waals surface area (Å²) in [5.41, 5.74) is 4.19. The van der Waals surface area contributed by atoms with Gasteiger partial charge in [-0.25, -0.2) is 0 Å². The lowest BCUT2D eigenvalue weighted by molar-refractivity contribution is 0.552. The first-order chi connectivity index (χ1) is 9.58. The van der Waals surface area contributed by atoms with Crippen LogP contribution in [0.5, 0.6) is 0 Å². The van der Waals surface area contributed by atoms with Gasteiger partial charge in [0, 0.05) is 25.3 Å². The molecule has 0 aromatic heterocycles. The Kier molecular flexibility index (Phi) is 7.68. The van der Waals surface area contributed by atoms with Crippen LogP contribution < -0.4 is 10.2 Å². The van der Waals surface area contributed by atoms with E-state index < -0.39 is 0 Å². The highest BCUT2D eigenvalue weighted by Gasteiger charge is 2.08. The van der Waals surface area contributed by atoms with Crippen LogP contribution in [0, 0.1) is 12.8 Å². The Hall–Kier alpha value is -1.02. The van der Waals surface area contributed by atoms with Crippen molar-refractivity contribution >= 4 is 5.69 Å². The van der Waals surface area contributed by atoms with Gasteiger partial charge in [0.1, 0.15) is 0 Å². The number of nitrogens with zero attached hydrogens (tertiary/aromatic N) is 1. The van der Waals surface area contributed by atoms with Gasteiger partial charge in [-0.3, -0.25) is 0 Å². The molecular formula is C18H32N2. The zero-order valence-corrected chi connectivity index (χ0v) is 14.0. The maximum absolute atomic E-state index is 3.51. The van der Waals surface area contributed by atoms with Crippen LogP contribution in [0.4, 0.5) is 5.69 Å². The molecule has 0 spiro atoms. The minimum absolute atomic E-state index is 0.708. The van der Waals surface area contributed by atoms with Crippen molar-refractivity contribution < 1.29 is 0 Å². The van der Waals surface area contributed by atoms with Crippen molar-refractivity contribution in [3.05, 3.63) is 29.3 Å². The summed E-state index contributed by atoms with van der Waals surface area (Å²) in [6.07, 6.45) is 2.41. The van der Waals surface area contributed by atoms with Gasteiger partial charge in [0.2, 0.25) is 0 Å². The van der Waals surface area contributed by atoms with Gasteiger partial charge in [-0.05, 0) is 49.4 Å². The van der Waals surface area contributed by atoms with Crippen LogP contribution in [-0.2, 0) is 6.54 Å². The Bertz CT molecular complexity index is 379. The molecule has 1 aromatic rings. The molecule has 1 aromatic carbocycles. The molecule has 2 heteroatoms. The third-order valence-corrected chi connectivity index (χ3v) is 3.47. The van der Waals surface area contributed by atoms with E-state index >= 15 is 0 Å². The molecule has 0 saturated carbocycles. The summed E-state index contributed by atoms with van der Waals surface area (Å²) in [5.74, 6) is 0.708. The molecule has 0 saturated heterocycles. The standard InChI is InChI=1S/C18H32N2/c1-6-10-20(11-7-2)18-9-8-17(12-16(18)5)14-19-13-15(3)4/h8-9,12,15,19H,6-7,10-11,13-14H2,1-5H3. The lowest BCUT2D eigenvalue weighted by Gasteiger charge is -2.26. The van der Waals surface area contributed by atoms with E-state index in [0.29, 0.717) is 5.92 Å². The van der Waals surface area contributed by atoms with Crippen molar-refractivity contribution in [2.75, 3.05) is 24.5 Å². The number of benzene rings is 1. The Morgan fingerprint density at radius 1 is 1.10 bits per heavy atom. The first kappa shape index (κ1) is 17.0. The maximum atomic E-state index is 3.51. The van der Waals surface area contributed by atoms with Crippen molar-refractivity contribution in [2.45, 2.75) is 54.0 Å². The fourth-order valence-electron chi connectivity index (χ4n) is 2.58. The quantitative estimate of drug-likeness (QED) is 0.720. The van der Waals surface area contributed by atoms with Crippen molar-refractivity contribution in [1.82, 2.24) is 5.32 Å². The molecule has 0 aliphatic carbocycles. The molecule has 1 rings (SSSR count). The maximum Gasteiger partial charge on any atom is 0.0396 e. The van der Waals surface area contributed by atoms with E-state index in [1.165, 1.54) is 29.7 Å². The number of hydrogen-bond acceptors (Lipinski definition) is 2. The van der Waals surface area contributed by atoms with Gasteiger partial charge in [0.05, 0.1) is 0 Å². The zero-order chi connectivity index (χ0) is 15.0. The van der Waals surface area contributed by atoms with Gasteiger partial charge in [-0.2, -0.15) is 0 Å². The molecule has 0 amide bonds. The summed E-state index contributed by atoms with van der Waals surface area (Å²) in [6, 6.07) is 6.90. The molecule has 114 valence electrons. The fourth-order valence-corrected chi connectivity index (χ4v) is 2.58. The van der Waals surface area contributed by atoms with E-state index in [1.807, 2.05) is 0 Å². The highest BCUT2D eigenvalue weighted by Crippen LogP contribution is 2.22. The van der Waals surface area contributed by atoms with Crippen LogP contribution in [0.25, 0.3) is 0 Å². The minimum Gasteiger partial charge on any atom is -0.371 e. The highest BCUT2D eigenvalue weighted by atomic mass is 15.1. The number of aryl methyl sites for hydroxylation is 1. The molecule has 0 fully saturated rings. The van der Waals surface area contributed by atoms with Crippen LogP contribution in [0.1, 0.15) is 51.7 Å². The molecule has 2 nitrogen and oxygen atoms in total. The third kappa shape index (κ3) is 5.54. The summed E-state index contributed by atoms with van der Waals surface area (Å²) in [6.45, 7) is 15.6. The molecule has 0 bridgehead atoms. The third-order valence-electron chi connectivity index (χ3n) is 3.47. The Morgan fingerprint density at radius 3 is 2.25 bits per heavy atom. The predicted molar refractivity (Wildman–Crippen MR) is 90.5 cm³/mol. The van der Waals surface area contributed by atoms with Crippen molar-refractivity contribution in [3.8, 4) is 0 Å². The van der Waals surface area contributed by atoms with E-state index in [4.69, 9.17) is 0 Å². The first-order valence-electron chi connectivity index (χ1n) is 8.13. The summed E-state index contributed by atoms with van der Waals surface area (Å²) < 4.78 is 0. The highest BCUT2D eigenvalue weighted by molar-refractivity contribution is 5.54. The van der Waals surface area contributed by atoms with Crippen LogP contribution >= 0.6 is 0 Å². The summed E-state index contributed by atoms with van der Waals surface area (Å²) in [5, 5.41) is 3.51. The van der Waals surface area contributed by atoms with Crippen LogP contribution in [0.15, 0.2) is 18.2 Å². The molecule has 0 radical (unpaired) electrons. The Balaban J connectivity index is 2.70. The number of nitrogens with one attached hydrogen (secondary N) is 1. The fraction of sp³-hybridized carbons (Fsp3) is 0.667. The Morgan fingerprint density at radius 2 is 1.75 bits per heavy atom. The van der Waals surface area contributed by atoms with Gasteiger partial charge in [-0.1, -0.05) is 39.8 Å².